The maximum absolute atomic E-state index is 12.8. The average molecular weight is 398 g/mol. The van der Waals surface area contributed by atoms with Crippen LogP contribution >= 0.6 is 0 Å². The first-order valence-corrected chi connectivity index (χ1v) is 10.1. The highest BCUT2D eigenvalue weighted by Crippen LogP contribution is 2.24. The molecular weight excluding hydrogens is 366 g/mol. The van der Waals surface area contributed by atoms with Crippen LogP contribution in [0, 0.1) is 6.92 Å². The molecule has 1 aliphatic heterocycles. The fourth-order valence-corrected chi connectivity index (χ4v) is 3.54. The quantitative estimate of drug-likeness (QED) is 0.719. The number of likely N-dealkylation sites (tertiary alicyclic amines) is 1. The van der Waals surface area contributed by atoms with Gasteiger partial charge in [-0.15, -0.1) is 0 Å². The van der Waals surface area contributed by atoms with E-state index in [9.17, 15) is 4.79 Å². The van der Waals surface area contributed by atoms with Crippen LogP contribution in [0.15, 0.2) is 48.5 Å². The van der Waals surface area contributed by atoms with Crippen LogP contribution in [0.1, 0.15) is 18.4 Å². The van der Waals surface area contributed by atoms with E-state index in [1.54, 1.807) is 7.11 Å². The van der Waals surface area contributed by atoms with Crippen molar-refractivity contribution in [3.8, 4) is 11.5 Å². The molecule has 1 aliphatic rings. The van der Waals surface area contributed by atoms with E-state index in [2.05, 4.69) is 17.3 Å². The van der Waals surface area contributed by atoms with Crippen LogP contribution in [0.25, 0.3) is 0 Å². The van der Waals surface area contributed by atoms with Crippen molar-refractivity contribution >= 4 is 11.7 Å². The number of anilines is 1. The lowest BCUT2D eigenvalue weighted by atomic mass is 10.2. The third-order valence-corrected chi connectivity index (χ3v) is 5.20. The molecule has 1 atom stereocenters. The zero-order chi connectivity index (χ0) is 20.6. The Morgan fingerprint density at radius 2 is 1.79 bits per heavy atom. The van der Waals surface area contributed by atoms with Crippen molar-refractivity contribution in [1.82, 2.24) is 9.80 Å². The normalized spacial score (nSPS) is 16.3. The van der Waals surface area contributed by atoms with Crippen LogP contribution in [0.3, 0.4) is 0 Å². The molecule has 0 radical (unpaired) electrons. The highest BCUT2D eigenvalue weighted by atomic mass is 16.5. The zero-order valence-corrected chi connectivity index (χ0v) is 17.6. The highest BCUT2D eigenvalue weighted by Gasteiger charge is 2.29. The Morgan fingerprint density at radius 3 is 2.45 bits per heavy atom. The number of carbonyl (C=O) groups excluding carboxylic acids is 1. The summed E-state index contributed by atoms with van der Waals surface area (Å²) >= 11 is 0. The largest absolute Gasteiger partial charge is 0.457 e. The Bertz CT molecular complexity index is 777. The van der Waals surface area contributed by atoms with Crippen LogP contribution in [0.2, 0.25) is 0 Å². The van der Waals surface area contributed by atoms with Crippen LogP contribution in [-0.2, 0) is 4.74 Å². The third-order valence-electron chi connectivity index (χ3n) is 5.20. The summed E-state index contributed by atoms with van der Waals surface area (Å²) in [4.78, 5) is 16.9. The van der Waals surface area contributed by atoms with Gasteiger partial charge in [0.1, 0.15) is 11.5 Å². The first-order chi connectivity index (χ1) is 14.0. The first kappa shape index (κ1) is 21.1. The molecule has 0 bridgehead atoms. The van der Waals surface area contributed by atoms with Gasteiger partial charge in [-0.05, 0) is 63.2 Å². The van der Waals surface area contributed by atoms with E-state index in [-0.39, 0.29) is 12.1 Å². The summed E-state index contributed by atoms with van der Waals surface area (Å²) in [6.07, 6.45) is 2.08. The van der Waals surface area contributed by atoms with Gasteiger partial charge in [0, 0.05) is 38.5 Å². The van der Waals surface area contributed by atoms with E-state index in [1.165, 1.54) is 5.56 Å². The molecule has 0 spiro atoms. The number of urea groups is 1. The number of hydrogen-bond acceptors (Lipinski definition) is 4. The minimum atomic E-state index is -0.0418. The molecule has 2 amide bonds. The Labute approximate surface area is 173 Å². The maximum atomic E-state index is 12.8. The second kappa shape index (κ2) is 10.3. The number of ether oxygens (including phenoxy) is 2. The molecule has 1 heterocycles. The number of nitrogens with one attached hydrogen (secondary N) is 1. The summed E-state index contributed by atoms with van der Waals surface area (Å²) in [5.74, 6) is 1.54. The van der Waals surface area contributed by atoms with Gasteiger partial charge < -0.3 is 24.6 Å². The molecule has 0 saturated carbocycles. The molecule has 6 nitrogen and oxygen atoms in total. The zero-order valence-electron chi connectivity index (χ0n) is 17.6. The van der Waals surface area contributed by atoms with Gasteiger partial charge in [0.05, 0.1) is 6.61 Å². The topological polar surface area (TPSA) is 54.0 Å². The first-order valence-electron chi connectivity index (χ1n) is 10.1. The Kier molecular flexibility index (Phi) is 7.49. The number of benzene rings is 2. The summed E-state index contributed by atoms with van der Waals surface area (Å²) in [6.45, 7) is 5.27. The lowest BCUT2D eigenvalue weighted by Gasteiger charge is -2.28. The SMILES string of the molecule is COCCN(C)CC1CCCN1C(=O)Nc1ccc(Oc2ccc(C)cc2)cc1. The number of rotatable bonds is 8. The monoisotopic (exact) mass is 397 g/mol. The fourth-order valence-electron chi connectivity index (χ4n) is 3.54. The molecule has 2 aromatic rings. The number of hydrogen-bond donors (Lipinski definition) is 1. The predicted octanol–water partition coefficient (Wildman–Crippen LogP) is 4.36. The van der Waals surface area contributed by atoms with Crippen LogP contribution in [0.4, 0.5) is 10.5 Å². The van der Waals surface area contributed by atoms with Gasteiger partial charge in [0.2, 0.25) is 0 Å². The maximum Gasteiger partial charge on any atom is 0.322 e. The van der Waals surface area contributed by atoms with Crippen molar-refractivity contribution in [2.45, 2.75) is 25.8 Å². The molecule has 0 aliphatic carbocycles. The van der Waals surface area contributed by atoms with E-state index in [4.69, 9.17) is 9.47 Å². The molecule has 156 valence electrons. The van der Waals surface area contributed by atoms with Gasteiger partial charge in [-0.25, -0.2) is 4.79 Å². The van der Waals surface area contributed by atoms with Crippen LogP contribution in [-0.4, -0.2) is 62.3 Å². The van der Waals surface area contributed by atoms with Crippen molar-refractivity contribution in [2.75, 3.05) is 45.7 Å². The fraction of sp³-hybridized carbons (Fsp3) is 0.435. The lowest BCUT2D eigenvalue weighted by molar-refractivity contribution is 0.143. The van der Waals surface area contributed by atoms with E-state index in [0.29, 0.717) is 6.61 Å². The Balaban J connectivity index is 1.53. The molecule has 6 heteroatoms. The molecule has 29 heavy (non-hydrogen) atoms. The number of aryl methyl sites for hydroxylation is 1. The van der Waals surface area contributed by atoms with Gasteiger partial charge in [0.25, 0.3) is 0 Å². The molecule has 3 rings (SSSR count). The van der Waals surface area contributed by atoms with Gasteiger partial charge in [-0.1, -0.05) is 17.7 Å². The Morgan fingerprint density at radius 1 is 1.14 bits per heavy atom. The predicted molar refractivity (Wildman–Crippen MR) is 116 cm³/mol. The summed E-state index contributed by atoms with van der Waals surface area (Å²) in [5, 5.41) is 3.02. The van der Waals surface area contributed by atoms with Crippen molar-refractivity contribution in [3.63, 3.8) is 0 Å². The van der Waals surface area contributed by atoms with Crippen molar-refractivity contribution in [2.24, 2.45) is 0 Å². The summed E-state index contributed by atoms with van der Waals surface area (Å²) in [6, 6.07) is 15.6. The van der Waals surface area contributed by atoms with Crippen molar-refractivity contribution in [1.29, 1.82) is 0 Å². The number of amides is 2. The van der Waals surface area contributed by atoms with Crippen molar-refractivity contribution in [3.05, 3.63) is 54.1 Å². The standard InChI is InChI=1S/C23H31N3O3/c1-18-6-10-21(11-7-18)29-22-12-8-19(9-13-22)24-23(27)26-14-4-5-20(26)17-25(2)15-16-28-3/h6-13,20H,4-5,14-17H2,1-3H3,(H,24,27). The third kappa shape index (κ3) is 6.21. The van der Waals surface area contributed by atoms with Gasteiger partial charge in [0.15, 0.2) is 0 Å². The van der Waals surface area contributed by atoms with Crippen LogP contribution in [0.5, 0.6) is 11.5 Å². The second-order valence-corrected chi connectivity index (χ2v) is 7.61. The summed E-state index contributed by atoms with van der Waals surface area (Å²) < 4.78 is 11.0. The number of methoxy groups -OCH3 is 1. The summed E-state index contributed by atoms with van der Waals surface area (Å²) in [5.41, 5.74) is 1.96. The molecule has 0 aromatic heterocycles. The van der Waals surface area contributed by atoms with Crippen molar-refractivity contribution < 1.29 is 14.3 Å². The minimum absolute atomic E-state index is 0.0418. The molecule has 1 N–H and O–H groups in total. The molecule has 1 unspecified atom stereocenters. The van der Waals surface area contributed by atoms with E-state index in [1.807, 2.05) is 60.4 Å². The van der Waals surface area contributed by atoms with Gasteiger partial charge in [-0.3, -0.25) is 0 Å². The minimum Gasteiger partial charge on any atom is -0.457 e. The lowest BCUT2D eigenvalue weighted by Crippen LogP contribution is -2.44. The Hall–Kier alpha value is -2.57. The second-order valence-electron chi connectivity index (χ2n) is 7.61. The van der Waals surface area contributed by atoms with Gasteiger partial charge in [-0.2, -0.15) is 0 Å². The smallest absolute Gasteiger partial charge is 0.322 e. The molecule has 1 fully saturated rings. The number of carbonyl (C=O) groups is 1. The number of likely N-dealkylation sites (N-methyl/N-ethyl adjacent to an activating group) is 1. The van der Waals surface area contributed by atoms with E-state index >= 15 is 0 Å². The molecular formula is C23H31N3O3. The van der Waals surface area contributed by atoms with E-state index in [0.717, 1.165) is 49.7 Å². The highest BCUT2D eigenvalue weighted by molar-refractivity contribution is 5.89. The number of nitrogens with zero attached hydrogens (tertiary/aromatic N) is 2. The van der Waals surface area contributed by atoms with E-state index < -0.39 is 0 Å². The van der Waals surface area contributed by atoms with Gasteiger partial charge >= 0.3 is 6.03 Å². The summed E-state index contributed by atoms with van der Waals surface area (Å²) in [7, 11) is 3.78. The average Bonchev–Trinajstić information content (AvgIpc) is 3.18. The molecule has 1 saturated heterocycles. The van der Waals surface area contributed by atoms with Crippen LogP contribution < -0.4 is 10.1 Å². The molecule has 2 aromatic carbocycles.